The molecule has 0 bridgehead atoms. The molecule has 3 rings (SSSR count). The Hall–Kier alpha value is -2.27. The van der Waals surface area contributed by atoms with Crippen molar-refractivity contribution in [2.45, 2.75) is 25.6 Å². The van der Waals surface area contributed by atoms with Crippen LogP contribution in [0.5, 0.6) is 5.75 Å². The van der Waals surface area contributed by atoms with Crippen molar-refractivity contribution in [3.05, 3.63) is 54.0 Å². The van der Waals surface area contributed by atoms with Crippen molar-refractivity contribution in [2.24, 2.45) is 0 Å². The molecule has 2 heterocycles. The first-order chi connectivity index (χ1) is 10.8. The van der Waals surface area contributed by atoms with Gasteiger partial charge in [-0.2, -0.15) is 0 Å². The van der Waals surface area contributed by atoms with Gasteiger partial charge in [0.15, 0.2) is 5.76 Å². The molecule has 1 aliphatic heterocycles. The normalized spacial score (nSPS) is 17.4. The molecular weight excluding hydrogens is 282 g/mol. The van der Waals surface area contributed by atoms with E-state index in [2.05, 4.69) is 5.32 Å². The molecule has 0 aliphatic carbocycles. The van der Waals surface area contributed by atoms with Gasteiger partial charge in [-0.25, -0.2) is 0 Å². The molecule has 1 unspecified atom stereocenters. The Morgan fingerprint density at radius 3 is 2.91 bits per heavy atom. The molecule has 1 N–H and O–H groups in total. The molecule has 5 heteroatoms. The quantitative estimate of drug-likeness (QED) is 0.891. The first-order valence-electron chi connectivity index (χ1n) is 7.47. The van der Waals surface area contributed by atoms with Crippen molar-refractivity contribution in [1.29, 1.82) is 0 Å². The number of carbonyl (C=O) groups is 1. The van der Waals surface area contributed by atoms with Gasteiger partial charge in [0.2, 0.25) is 0 Å². The highest BCUT2D eigenvalue weighted by molar-refractivity contribution is 5.92. The second kappa shape index (κ2) is 7.13. The third kappa shape index (κ3) is 3.68. The zero-order chi connectivity index (χ0) is 15.2. The summed E-state index contributed by atoms with van der Waals surface area (Å²) in [6.07, 6.45) is 3.66. The van der Waals surface area contributed by atoms with E-state index in [0.717, 1.165) is 30.8 Å². The fourth-order valence-corrected chi connectivity index (χ4v) is 2.42. The van der Waals surface area contributed by atoms with Crippen molar-refractivity contribution in [3.8, 4) is 5.75 Å². The highest BCUT2D eigenvalue weighted by Crippen LogP contribution is 2.16. The topological polar surface area (TPSA) is 60.7 Å². The van der Waals surface area contributed by atoms with E-state index in [1.165, 1.54) is 6.26 Å². The summed E-state index contributed by atoms with van der Waals surface area (Å²) in [5.74, 6) is 0.829. The summed E-state index contributed by atoms with van der Waals surface area (Å²) >= 11 is 0. The maximum absolute atomic E-state index is 12.2. The lowest BCUT2D eigenvalue weighted by Gasteiger charge is -2.10. The lowest BCUT2D eigenvalue weighted by molar-refractivity contribution is 0.0832. The van der Waals surface area contributed by atoms with E-state index in [-0.39, 0.29) is 12.0 Å². The monoisotopic (exact) mass is 301 g/mol. The van der Waals surface area contributed by atoms with Gasteiger partial charge < -0.3 is 19.2 Å². The number of hydrogen-bond donors (Lipinski definition) is 1. The Labute approximate surface area is 129 Å². The summed E-state index contributed by atoms with van der Waals surface area (Å²) < 4.78 is 16.4. The molecule has 1 atom stereocenters. The fraction of sp³-hybridized carbons (Fsp3) is 0.353. The molecule has 22 heavy (non-hydrogen) atoms. The van der Waals surface area contributed by atoms with Gasteiger partial charge in [0.1, 0.15) is 12.4 Å². The second-order valence-corrected chi connectivity index (χ2v) is 5.22. The zero-order valence-electron chi connectivity index (χ0n) is 12.3. The highest BCUT2D eigenvalue weighted by atomic mass is 16.5. The van der Waals surface area contributed by atoms with Gasteiger partial charge in [-0.15, -0.1) is 0 Å². The van der Waals surface area contributed by atoms with Crippen LogP contribution in [-0.2, 0) is 11.3 Å². The number of hydrogen-bond acceptors (Lipinski definition) is 4. The van der Waals surface area contributed by atoms with Crippen LogP contribution in [0.25, 0.3) is 0 Å². The van der Waals surface area contributed by atoms with Crippen LogP contribution in [0.4, 0.5) is 0 Å². The maximum atomic E-state index is 12.2. The Kier molecular flexibility index (Phi) is 4.75. The highest BCUT2D eigenvalue weighted by Gasteiger charge is 2.20. The number of benzene rings is 1. The third-order valence-corrected chi connectivity index (χ3v) is 3.60. The van der Waals surface area contributed by atoms with E-state index in [1.54, 1.807) is 6.07 Å². The molecule has 1 aromatic carbocycles. The summed E-state index contributed by atoms with van der Waals surface area (Å²) in [6.45, 7) is 1.58. The molecule has 1 amide bonds. The minimum Gasteiger partial charge on any atom is -0.489 e. The molecule has 0 spiro atoms. The molecule has 1 aliphatic rings. The number of amides is 1. The van der Waals surface area contributed by atoms with Gasteiger partial charge in [0.05, 0.1) is 12.4 Å². The molecule has 116 valence electrons. The summed E-state index contributed by atoms with van der Waals surface area (Å²) in [4.78, 5) is 12.2. The molecule has 0 radical (unpaired) electrons. The molecule has 1 saturated heterocycles. The smallest absolute Gasteiger partial charge is 0.287 e. The van der Waals surface area contributed by atoms with Crippen molar-refractivity contribution < 1.29 is 18.7 Å². The SMILES string of the molecule is O=C(NCC1CCCO1)c1occc1COc1ccccc1. The van der Waals surface area contributed by atoms with Gasteiger partial charge in [-0.3, -0.25) is 4.79 Å². The second-order valence-electron chi connectivity index (χ2n) is 5.22. The van der Waals surface area contributed by atoms with Crippen LogP contribution in [0.15, 0.2) is 47.1 Å². The van der Waals surface area contributed by atoms with E-state index in [0.29, 0.717) is 18.9 Å². The summed E-state index contributed by atoms with van der Waals surface area (Å²) in [6, 6.07) is 11.2. The summed E-state index contributed by atoms with van der Waals surface area (Å²) in [5.41, 5.74) is 0.730. The number of nitrogens with one attached hydrogen (secondary N) is 1. The Bertz CT molecular complexity index is 602. The van der Waals surface area contributed by atoms with E-state index in [1.807, 2.05) is 30.3 Å². The number of para-hydroxylation sites is 1. The first-order valence-corrected chi connectivity index (χ1v) is 7.47. The maximum Gasteiger partial charge on any atom is 0.287 e. The van der Waals surface area contributed by atoms with Gasteiger partial charge in [-0.05, 0) is 31.0 Å². The van der Waals surface area contributed by atoms with Gasteiger partial charge in [0, 0.05) is 18.7 Å². The Balaban J connectivity index is 1.55. The third-order valence-electron chi connectivity index (χ3n) is 3.60. The van der Waals surface area contributed by atoms with Crippen molar-refractivity contribution in [1.82, 2.24) is 5.32 Å². The minimum absolute atomic E-state index is 0.114. The Morgan fingerprint density at radius 2 is 2.14 bits per heavy atom. The molecule has 1 aromatic heterocycles. The number of furan rings is 1. The van der Waals surface area contributed by atoms with Gasteiger partial charge in [-0.1, -0.05) is 18.2 Å². The van der Waals surface area contributed by atoms with Crippen LogP contribution in [0, 0.1) is 0 Å². The number of ether oxygens (including phenoxy) is 2. The lowest BCUT2D eigenvalue weighted by atomic mass is 10.2. The molecule has 1 fully saturated rings. The largest absolute Gasteiger partial charge is 0.489 e. The van der Waals surface area contributed by atoms with E-state index < -0.39 is 0 Å². The lowest BCUT2D eigenvalue weighted by Crippen LogP contribution is -2.32. The van der Waals surface area contributed by atoms with Gasteiger partial charge >= 0.3 is 0 Å². The average molecular weight is 301 g/mol. The van der Waals surface area contributed by atoms with E-state index >= 15 is 0 Å². The van der Waals surface area contributed by atoms with E-state index in [9.17, 15) is 4.79 Å². The molecule has 2 aromatic rings. The average Bonchev–Trinajstić information content (AvgIpc) is 3.23. The van der Waals surface area contributed by atoms with E-state index in [4.69, 9.17) is 13.9 Å². The Morgan fingerprint density at radius 1 is 1.27 bits per heavy atom. The minimum atomic E-state index is -0.229. The van der Waals surface area contributed by atoms with Crippen molar-refractivity contribution in [3.63, 3.8) is 0 Å². The fourth-order valence-electron chi connectivity index (χ4n) is 2.42. The summed E-state index contributed by atoms with van der Waals surface area (Å²) in [5, 5.41) is 2.85. The van der Waals surface area contributed by atoms with Crippen LogP contribution in [0.1, 0.15) is 29.0 Å². The standard InChI is InChI=1S/C17H19NO4/c19-17(18-11-15-7-4-9-20-15)16-13(8-10-21-16)12-22-14-5-2-1-3-6-14/h1-3,5-6,8,10,15H,4,7,9,11-12H2,(H,18,19). The van der Waals surface area contributed by atoms with Crippen LogP contribution in [0.2, 0.25) is 0 Å². The molecular formula is C17H19NO4. The number of carbonyl (C=O) groups excluding carboxylic acids is 1. The predicted octanol–water partition coefficient (Wildman–Crippen LogP) is 2.77. The van der Waals surface area contributed by atoms with Crippen LogP contribution >= 0.6 is 0 Å². The van der Waals surface area contributed by atoms with Crippen molar-refractivity contribution in [2.75, 3.05) is 13.2 Å². The van der Waals surface area contributed by atoms with Crippen LogP contribution < -0.4 is 10.1 Å². The van der Waals surface area contributed by atoms with Gasteiger partial charge in [0.25, 0.3) is 5.91 Å². The zero-order valence-corrected chi connectivity index (χ0v) is 12.3. The molecule has 5 nitrogen and oxygen atoms in total. The first kappa shape index (κ1) is 14.7. The van der Waals surface area contributed by atoms with Crippen LogP contribution in [-0.4, -0.2) is 25.2 Å². The van der Waals surface area contributed by atoms with Crippen molar-refractivity contribution >= 4 is 5.91 Å². The molecule has 0 saturated carbocycles. The van der Waals surface area contributed by atoms with Crippen LogP contribution in [0.3, 0.4) is 0 Å². The summed E-state index contributed by atoms with van der Waals surface area (Å²) in [7, 11) is 0. The number of rotatable bonds is 6. The predicted molar refractivity (Wildman–Crippen MR) is 80.8 cm³/mol.